The summed E-state index contributed by atoms with van der Waals surface area (Å²) in [6, 6.07) is 10.7. The van der Waals surface area contributed by atoms with Crippen molar-refractivity contribution in [3.05, 3.63) is 53.2 Å². The maximum Gasteiger partial charge on any atom is 0.224 e. The predicted octanol–water partition coefficient (Wildman–Crippen LogP) is 2.55. The van der Waals surface area contributed by atoms with Gasteiger partial charge in [0.15, 0.2) is 0 Å². The highest BCUT2D eigenvalue weighted by Crippen LogP contribution is 2.26. The molecule has 1 heterocycles. The monoisotopic (exact) mass is 240 g/mol. The number of nitriles is 1. The van der Waals surface area contributed by atoms with E-state index in [1.165, 1.54) is 0 Å². The summed E-state index contributed by atoms with van der Waals surface area (Å²) in [6.07, 6.45) is 1.60. The highest BCUT2D eigenvalue weighted by Gasteiger charge is 2.07. The van der Waals surface area contributed by atoms with Crippen molar-refractivity contribution in [1.82, 2.24) is 4.98 Å². The number of hydrogen-bond acceptors (Lipinski definition) is 4. The van der Waals surface area contributed by atoms with Crippen molar-refractivity contribution < 1.29 is 9.84 Å². The van der Waals surface area contributed by atoms with Crippen molar-refractivity contribution in [1.29, 1.82) is 5.26 Å². The van der Waals surface area contributed by atoms with Crippen molar-refractivity contribution >= 4 is 0 Å². The summed E-state index contributed by atoms with van der Waals surface area (Å²) in [5.41, 5.74) is 2.04. The standard InChI is InChI=1S/C14H12N2O2/c1-10-4-5-11(8-15)7-13(10)18-14-12(9-17)3-2-6-16-14/h2-7,17H,9H2,1H3. The molecule has 4 heteroatoms. The Morgan fingerprint density at radius 2 is 2.22 bits per heavy atom. The van der Waals surface area contributed by atoms with E-state index in [0.29, 0.717) is 22.8 Å². The zero-order valence-corrected chi connectivity index (χ0v) is 9.92. The zero-order chi connectivity index (χ0) is 13.0. The molecule has 0 unspecified atom stereocenters. The summed E-state index contributed by atoms with van der Waals surface area (Å²) in [6.45, 7) is 1.75. The summed E-state index contributed by atoms with van der Waals surface area (Å²) in [5.74, 6) is 0.931. The molecule has 18 heavy (non-hydrogen) atoms. The second-order valence-corrected chi connectivity index (χ2v) is 3.82. The van der Waals surface area contributed by atoms with E-state index in [9.17, 15) is 5.11 Å². The molecular formula is C14H12N2O2. The summed E-state index contributed by atoms with van der Waals surface area (Å²) in [5, 5.41) is 18.1. The number of aliphatic hydroxyl groups excluding tert-OH is 1. The van der Waals surface area contributed by atoms with Crippen LogP contribution >= 0.6 is 0 Å². The quantitative estimate of drug-likeness (QED) is 0.895. The van der Waals surface area contributed by atoms with E-state index in [1.54, 1.807) is 30.5 Å². The molecule has 0 aliphatic rings. The lowest BCUT2D eigenvalue weighted by atomic mass is 10.1. The third-order valence-electron chi connectivity index (χ3n) is 2.54. The fourth-order valence-corrected chi connectivity index (χ4v) is 1.52. The first kappa shape index (κ1) is 12.1. The number of aryl methyl sites for hydroxylation is 1. The second-order valence-electron chi connectivity index (χ2n) is 3.82. The van der Waals surface area contributed by atoms with Crippen LogP contribution < -0.4 is 4.74 Å². The zero-order valence-electron chi connectivity index (χ0n) is 9.92. The van der Waals surface area contributed by atoms with E-state index in [0.717, 1.165) is 5.56 Å². The molecule has 90 valence electrons. The molecule has 0 aliphatic carbocycles. The Balaban J connectivity index is 2.37. The van der Waals surface area contributed by atoms with E-state index in [-0.39, 0.29) is 6.61 Å². The van der Waals surface area contributed by atoms with E-state index in [4.69, 9.17) is 10.00 Å². The minimum Gasteiger partial charge on any atom is -0.438 e. The normalized spacial score (nSPS) is 9.83. The van der Waals surface area contributed by atoms with Crippen LogP contribution in [0.2, 0.25) is 0 Å². The van der Waals surface area contributed by atoms with Gasteiger partial charge in [0.25, 0.3) is 0 Å². The molecule has 2 aromatic rings. The van der Waals surface area contributed by atoms with E-state index in [1.807, 2.05) is 13.0 Å². The Bertz CT molecular complexity index is 603. The summed E-state index contributed by atoms with van der Waals surface area (Å²) >= 11 is 0. The molecule has 1 aromatic carbocycles. The molecule has 0 atom stereocenters. The van der Waals surface area contributed by atoms with Crippen LogP contribution in [0.4, 0.5) is 0 Å². The molecule has 1 aromatic heterocycles. The number of ether oxygens (including phenoxy) is 1. The number of nitrogens with zero attached hydrogens (tertiary/aromatic N) is 2. The van der Waals surface area contributed by atoms with Crippen molar-refractivity contribution in [3.63, 3.8) is 0 Å². The number of hydrogen-bond donors (Lipinski definition) is 1. The third-order valence-corrected chi connectivity index (χ3v) is 2.54. The topological polar surface area (TPSA) is 66.1 Å². The Kier molecular flexibility index (Phi) is 3.56. The minimum absolute atomic E-state index is 0.139. The van der Waals surface area contributed by atoms with Crippen molar-refractivity contribution in [3.8, 4) is 17.7 Å². The van der Waals surface area contributed by atoms with Gasteiger partial charge in [-0.2, -0.15) is 5.26 Å². The smallest absolute Gasteiger partial charge is 0.224 e. The van der Waals surface area contributed by atoms with Crippen LogP contribution in [-0.4, -0.2) is 10.1 Å². The fourth-order valence-electron chi connectivity index (χ4n) is 1.52. The van der Waals surface area contributed by atoms with Gasteiger partial charge in [0, 0.05) is 11.8 Å². The Morgan fingerprint density at radius 3 is 2.94 bits per heavy atom. The Labute approximate surface area is 105 Å². The summed E-state index contributed by atoms with van der Waals surface area (Å²) in [7, 11) is 0. The van der Waals surface area contributed by atoms with Crippen molar-refractivity contribution in [2.24, 2.45) is 0 Å². The lowest BCUT2D eigenvalue weighted by Crippen LogP contribution is -1.96. The molecule has 0 amide bonds. The molecular weight excluding hydrogens is 228 g/mol. The largest absolute Gasteiger partial charge is 0.438 e. The molecule has 0 saturated carbocycles. The molecule has 1 N–H and O–H groups in total. The maximum absolute atomic E-state index is 9.19. The highest BCUT2D eigenvalue weighted by molar-refractivity contribution is 5.44. The number of aliphatic hydroxyl groups is 1. The first-order valence-corrected chi connectivity index (χ1v) is 5.48. The van der Waals surface area contributed by atoms with Gasteiger partial charge in [-0.15, -0.1) is 0 Å². The van der Waals surface area contributed by atoms with Gasteiger partial charge in [0.1, 0.15) is 5.75 Å². The van der Waals surface area contributed by atoms with Gasteiger partial charge in [-0.05, 0) is 36.8 Å². The van der Waals surface area contributed by atoms with Crippen LogP contribution in [0.25, 0.3) is 0 Å². The van der Waals surface area contributed by atoms with Gasteiger partial charge in [-0.1, -0.05) is 6.07 Å². The van der Waals surface area contributed by atoms with Crippen molar-refractivity contribution in [2.75, 3.05) is 0 Å². The van der Waals surface area contributed by atoms with Crippen LogP contribution in [0.3, 0.4) is 0 Å². The van der Waals surface area contributed by atoms with Crippen molar-refractivity contribution in [2.45, 2.75) is 13.5 Å². The lowest BCUT2D eigenvalue weighted by Gasteiger charge is -2.10. The van der Waals surface area contributed by atoms with Crippen LogP contribution in [0.5, 0.6) is 11.6 Å². The van der Waals surface area contributed by atoms with E-state index >= 15 is 0 Å². The number of pyridine rings is 1. The van der Waals surface area contributed by atoms with E-state index in [2.05, 4.69) is 11.1 Å². The minimum atomic E-state index is -0.139. The number of aromatic nitrogens is 1. The number of rotatable bonds is 3. The van der Waals surface area contributed by atoms with Gasteiger partial charge in [-0.3, -0.25) is 0 Å². The van der Waals surface area contributed by atoms with Gasteiger partial charge in [-0.25, -0.2) is 4.98 Å². The average molecular weight is 240 g/mol. The van der Waals surface area contributed by atoms with Gasteiger partial charge in [0.2, 0.25) is 5.88 Å². The van der Waals surface area contributed by atoms with Crippen LogP contribution in [0.1, 0.15) is 16.7 Å². The molecule has 2 rings (SSSR count). The molecule has 0 saturated heterocycles. The molecule has 4 nitrogen and oxygen atoms in total. The Hall–Kier alpha value is -2.38. The molecule has 0 aliphatic heterocycles. The van der Waals surface area contributed by atoms with Crippen LogP contribution in [-0.2, 0) is 6.61 Å². The van der Waals surface area contributed by atoms with Crippen LogP contribution in [0.15, 0.2) is 36.5 Å². The lowest BCUT2D eigenvalue weighted by molar-refractivity contribution is 0.275. The summed E-state index contributed by atoms with van der Waals surface area (Å²) < 4.78 is 5.65. The Morgan fingerprint density at radius 1 is 1.39 bits per heavy atom. The van der Waals surface area contributed by atoms with Gasteiger partial charge < -0.3 is 9.84 Å². The SMILES string of the molecule is Cc1ccc(C#N)cc1Oc1ncccc1CO. The second kappa shape index (κ2) is 5.30. The predicted molar refractivity (Wildman–Crippen MR) is 66.1 cm³/mol. The van der Waals surface area contributed by atoms with Crippen LogP contribution in [0, 0.1) is 18.3 Å². The average Bonchev–Trinajstić information content (AvgIpc) is 2.42. The molecule has 0 bridgehead atoms. The van der Waals surface area contributed by atoms with E-state index < -0.39 is 0 Å². The number of benzene rings is 1. The first-order valence-electron chi connectivity index (χ1n) is 5.48. The third kappa shape index (κ3) is 2.47. The molecule has 0 fully saturated rings. The molecule has 0 radical (unpaired) electrons. The summed E-state index contributed by atoms with van der Waals surface area (Å²) in [4.78, 5) is 4.08. The fraction of sp³-hybridized carbons (Fsp3) is 0.143. The van der Waals surface area contributed by atoms with Gasteiger partial charge in [0.05, 0.1) is 18.2 Å². The highest BCUT2D eigenvalue weighted by atomic mass is 16.5. The maximum atomic E-state index is 9.19. The first-order chi connectivity index (χ1) is 8.74. The van der Waals surface area contributed by atoms with Gasteiger partial charge >= 0.3 is 0 Å². The molecule has 0 spiro atoms.